The van der Waals surface area contributed by atoms with Crippen molar-refractivity contribution in [2.45, 2.75) is 19.9 Å². The second-order valence-electron chi connectivity index (χ2n) is 3.63. The van der Waals surface area contributed by atoms with E-state index in [1.165, 1.54) is 17.3 Å². The van der Waals surface area contributed by atoms with E-state index in [1.807, 2.05) is 6.07 Å². The van der Waals surface area contributed by atoms with Gasteiger partial charge in [0.1, 0.15) is 0 Å². The number of nitrogens with one attached hydrogen (secondary N) is 1. The summed E-state index contributed by atoms with van der Waals surface area (Å²) in [5.41, 5.74) is -0.0511. The Morgan fingerprint density at radius 3 is 2.72 bits per heavy atom. The van der Waals surface area contributed by atoms with E-state index in [0.717, 1.165) is 11.3 Å². The topological polar surface area (TPSA) is 75.1 Å². The summed E-state index contributed by atoms with van der Waals surface area (Å²) in [5.74, 6) is -0.775. The van der Waals surface area contributed by atoms with Gasteiger partial charge in [0.2, 0.25) is 0 Å². The first kappa shape index (κ1) is 12.5. The molecular weight excluding hydrogens is 250 g/mol. The normalized spacial score (nSPS) is 10.3. The first-order valence-corrected chi connectivity index (χ1v) is 6.38. The van der Waals surface area contributed by atoms with Crippen molar-refractivity contribution < 1.29 is 9.90 Å². The van der Waals surface area contributed by atoms with E-state index in [0.29, 0.717) is 12.4 Å². The lowest BCUT2D eigenvalue weighted by Crippen LogP contribution is -2.09. The van der Waals surface area contributed by atoms with E-state index in [4.69, 9.17) is 5.11 Å². The molecule has 6 heteroatoms. The molecule has 0 aromatic carbocycles. The number of thiophene rings is 1. The number of hydrogen-bond donors (Lipinski definition) is 2. The second-order valence-corrected chi connectivity index (χ2v) is 4.89. The van der Waals surface area contributed by atoms with Gasteiger partial charge in [0, 0.05) is 22.1 Å². The number of anilines is 1. The highest BCUT2D eigenvalue weighted by molar-refractivity contribution is 7.12. The Hall–Kier alpha value is -1.95. The highest BCUT2D eigenvalue weighted by Gasteiger charge is 2.12. The molecule has 0 aliphatic carbocycles. The van der Waals surface area contributed by atoms with Gasteiger partial charge >= 0.3 is 5.97 Å². The molecule has 2 aromatic heterocycles. The quantitative estimate of drug-likeness (QED) is 0.866. The van der Waals surface area contributed by atoms with Crippen LogP contribution in [-0.2, 0) is 13.0 Å². The van der Waals surface area contributed by atoms with Crippen molar-refractivity contribution in [3.8, 4) is 0 Å². The lowest BCUT2D eigenvalue weighted by atomic mass is 10.3. The minimum atomic E-state index is -1.08. The number of carboxylic acid groups (broad SMARTS) is 1. The van der Waals surface area contributed by atoms with Gasteiger partial charge in [-0.3, -0.25) is 0 Å². The molecular formula is C12H13N3O2S. The van der Waals surface area contributed by atoms with Gasteiger partial charge in [-0.1, -0.05) is 6.92 Å². The third-order valence-electron chi connectivity index (χ3n) is 2.40. The molecule has 0 unspecified atom stereocenters. The van der Waals surface area contributed by atoms with E-state index >= 15 is 0 Å². The van der Waals surface area contributed by atoms with Crippen LogP contribution in [0, 0.1) is 0 Å². The molecule has 2 heterocycles. The molecule has 2 rings (SSSR count). The maximum atomic E-state index is 10.9. The van der Waals surface area contributed by atoms with Crippen LogP contribution in [-0.4, -0.2) is 21.0 Å². The molecule has 0 spiro atoms. The molecule has 0 saturated carbocycles. The number of hydrogen-bond acceptors (Lipinski definition) is 5. The zero-order valence-corrected chi connectivity index (χ0v) is 10.7. The fourth-order valence-electron chi connectivity index (χ4n) is 1.50. The summed E-state index contributed by atoms with van der Waals surface area (Å²) in [6.45, 7) is 2.66. The minimum absolute atomic E-state index is 0.0511. The van der Waals surface area contributed by atoms with Crippen LogP contribution in [0.1, 0.15) is 27.2 Å². The Labute approximate surface area is 109 Å². The number of aryl methyl sites for hydroxylation is 1. The van der Waals surface area contributed by atoms with Gasteiger partial charge in [0.15, 0.2) is 11.5 Å². The van der Waals surface area contributed by atoms with Gasteiger partial charge < -0.3 is 10.4 Å². The summed E-state index contributed by atoms with van der Waals surface area (Å²) in [5, 5.41) is 12.0. The van der Waals surface area contributed by atoms with Crippen LogP contribution in [0.25, 0.3) is 0 Å². The van der Waals surface area contributed by atoms with Crippen LogP contribution in [0.15, 0.2) is 24.5 Å². The fourth-order valence-corrected chi connectivity index (χ4v) is 2.40. The molecule has 18 heavy (non-hydrogen) atoms. The van der Waals surface area contributed by atoms with Gasteiger partial charge in [-0.2, -0.15) is 0 Å². The number of aromatic carboxylic acids is 1. The van der Waals surface area contributed by atoms with Gasteiger partial charge in [0.25, 0.3) is 0 Å². The van der Waals surface area contributed by atoms with Crippen LogP contribution in [0.3, 0.4) is 0 Å². The molecule has 0 atom stereocenters. The van der Waals surface area contributed by atoms with E-state index < -0.39 is 5.97 Å². The maximum absolute atomic E-state index is 10.9. The molecule has 0 bridgehead atoms. The highest BCUT2D eigenvalue weighted by Crippen LogP contribution is 2.18. The predicted octanol–water partition coefficient (Wildman–Crippen LogP) is 2.41. The van der Waals surface area contributed by atoms with Crippen LogP contribution >= 0.6 is 11.3 Å². The smallest absolute Gasteiger partial charge is 0.358 e. The second kappa shape index (κ2) is 5.59. The zero-order valence-electron chi connectivity index (χ0n) is 9.88. The number of carbonyl (C=O) groups is 1. The Balaban J connectivity index is 2.08. The van der Waals surface area contributed by atoms with E-state index in [9.17, 15) is 4.79 Å². The van der Waals surface area contributed by atoms with Crippen molar-refractivity contribution in [3.05, 3.63) is 40.0 Å². The minimum Gasteiger partial charge on any atom is -0.476 e. The van der Waals surface area contributed by atoms with Crippen LogP contribution in [0.5, 0.6) is 0 Å². The predicted molar refractivity (Wildman–Crippen MR) is 70.0 cm³/mol. The molecule has 5 nitrogen and oxygen atoms in total. The first-order valence-electron chi connectivity index (χ1n) is 5.56. The van der Waals surface area contributed by atoms with Crippen LogP contribution in [0.2, 0.25) is 0 Å². The van der Waals surface area contributed by atoms with E-state index in [2.05, 4.69) is 28.3 Å². The summed E-state index contributed by atoms with van der Waals surface area (Å²) in [7, 11) is 0. The standard InChI is InChI=1S/C12H13N3O2S/c1-2-8-3-4-9(18-8)7-15-11-10(12(16)17)13-5-6-14-11/h3-6H,2,7H2,1H3,(H,14,15)(H,16,17). The molecule has 0 aliphatic rings. The van der Waals surface area contributed by atoms with E-state index in [1.54, 1.807) is 11.3 Å². The number of carboxylic acids is 1. The van der Waals surface area contributed by atoms with Crippen molar-refractivity contribution in [1.29, 1.82) is 0 Å². The molecule has 0 saturated heterocycles. The lowest BCUT2D eigenvalue weighted by Gasteiger charge is -2.05. The number of nitrogens with zero attached hydrogens (tertiary/aromatic N) is 2. The Morgan fingerprint density at radius 1 is 1.33 bits per heavy atom. The molecule has 0 radical (unpaired) electrons. The lowest BCUT2D eigenvalue weighted by molar-refractivity contribution is 0.0691. The van der Waals surface area contributed by atoms with Gasteiger partial charge in [-0.05, 0) is 18.6 Å². The molecule has 94 valence electrons. The van der Waals surface area contributed by atoms with E-state index in [-0.39, 0.29) is 5.69 Å². The number of rotatable bonds is 5. The largest absolute Gasteiger partial charge is 0.476 e. The monoisotopic (exact) mass is 263 g/mol. The third-order valence-corrected chi connectivity index (χ3v) is 3.63. The van der Waals surface area contributed by atoms with Crippen molar-refractivity contribution in [2.24, 2.45) is 0 Å². The summed E-state index contributed by atoms with van der Waals surface area (Å²) in [6.07, 6.45) is 3.85. The molecule has 2 aromatic rings. The average molecular weight is 263 g/mol. The van der Waals surface area contributed by atoms with Crippen LogP contribution < -0.4 is 5.32 Å². The fraction of sp³-hybridized carbons (Fsp3) is 0.250. The zero-order chi connectivity index (χ0) is 13.0. The van der Waals surface area contributed by atoms with Gasteiger partial charge in [-0.25, -0.2) is 14.8 Å². The summed E-state index contributed by atoms with van der Waals surface area (Å²) >= 11 is 1.71. The van der Waals surface area contributed by atoms with Crippen molar-refractivity contribution >= 4 is 23.1 Å². The van der Waals surface area contributed by atoms with Crippen LogP contribution in [0.4, 0.5) is 5.82 Å². The summed E-state index contributed by atoms with van der Waals surface area (Å²) in [4.78, 5) is 21.2. The summed E-state index contributed by atoms with van der Waals surface area (Å²) < 4.78 is 0. The number of aromatic nitrogens is 2. The average Bonchev–Trinajstić information content (AvgIpc) is 2.84. The third kappa shape index (κ3) is 2.84. The SMILES string of the molecule is CCc1ccc(CNc2nccnc2C(=O)O)s1. The van der Waals surface area contributed by atoms with Gasteiger partial charge in [-0.15, -0.1) is 11.3 Å². The van der Waals surface area contributed by atoms with Crippen molar-refractivity contribution in [1.82, 2.24) is 9.97 Å². The van der Waals surface area contributed by atoms with Crippen molar-refractivity contribution in [2.75, 3.05) is 5.32 Å². The van der Waals surface area contributed by atoms with Gasteiger partial charge in [0.05, 0.1) is 6.54 Å². The molecule has 0 aliphatic heterocycles. The maximum Gasteiger partial charge on any atom is 0.358 e. The Kier molecular flexibility index (Phi) is 3.88. The van der Waals surface area contributed by atoms with Crippen molar-refractivity contribution in [3.63, 3.8) is 0 Å². The first-order chi connectivity index (χ1) is 8.70. The summed E-state index contributed by atoms with van der Waals surface area (Å²) in [6, 6.07) is 4.11. The Morgan fingerprint density at radius 2 is 2.06 bits per heavy atom. The molecule has 0 fully saturated rings. The molecule has 2 N–H and O–H groups in total. The molecule has 0 amide bonds. The highest BCUT2D eigenvalue weighted by atomic mass is 32.1. The Bertz CT molecular complexity index is 554.